The first kappa shape index (κ1) is 14.0. The first-order chi connectivity index (χ1) is 8.45. The second-order valence-electron chi connectivity index (χ2n) is 4.03. The molecule has 0 aromatic carbocycles. The molecular weight excluding hydrogens is 236 g/mol. The molecular formula is C12H16N2O4. The molecule has 18 heavy (non-hydrogen) atoms. The third-order valence-corrected chi connectivity index (χ3v) is 2.72. The van der Waals surface area contributed by atoms with Crippen LogP contribution in [0.2, 0.25) is 0 Å². The molecule has 0 aliphatic heterocycles. The lowest BCUT2D eigenvalue weighted by atomic mass is 10.1. The van der Waals surface area contributed by atoms with Crippen molar-refractivity contribution in [3.05, 3.63) is 34.2 Å². The van der Waals surface area contributed by atoms with Gasteiger partial charge in [0.1, 0.15) is 6.54 Å². The van der Waals surface area contributed by atoms with Crippen LogP contribution in [0.3, 0.4) is 0 Å². The number of nitrogens with zero attached hydrogens (tertiary/aromatic N) is 1. The van der Waals surface area contributed by atoms with E-state index in [9.17, 15) is 14.4 Å². The van der Waals surface area contributed by atoms with E-state index in [4.69, 9.17) is 5.11 Å². The second-order valence-corrected chi connectivity index (χ2v) is 4.03. The predicted molar refractivity (Wildman–Crippen MR) is 65.5 cm³/mol. The van der Waals surface area contributed by atoms with Crippen molar-refractivity contribution in [2.24, 2.45) is 0 Å². The number of carboxylic acid groups (broad SMARTS) is 1. The molecule has 0 saturated carbocycles. The Morgan fingerprint density at radius 3 is 2.56 bits per heavy atom. The van der Waals surface area contributed by atoms with Crippen molar-refractivity contribution in [1.82, 2.24) is 9.88 Å². The number of carboxylic acids is 1. The highest BCUT2D eigenvalue weighted by Gasteiger charge is 2.22. The van der Waals surface area contributed by atoms with Crippen LogP contribution in [-0.4, -0.2) is 39.5 Å². The molecule has 1 atom stereocenters. The Labute approximate surface area is 104 Å². The third kappa shape index (κ3) is 3.44. The average molecular weight is 252 g/mol. The van der Waals surface area contributed by atoms with Gasteiger partial charge in [0.2, 0.25) is 5.56 Å². The molecule has 6 heteroatoms. The number of nitrogens with one attached hydrogen (secondary N) is 1. The molecule has 1 aromatic rings. The van der Waals surface area contributed by atoms with Gasteiger partial charge in [0.15, 0.2) is 0 Å². The summed E-state index contributed by atoms with van der Waals surface area (Å²) in [6.45, 7) is 3.30. The smallest absolute Gasteiger partial charge is 0.323 e. The van der Waals surface area contributed by atoms with Gasteiger partial charge in [-0.15, -0.1) is 0 Å². The summed E-state index contributed by atoms with van der Waals surface area (Å²) in [5, 5.41) is 8.82. The van der Waals surface area contributed by atoms with E-state index in [1.54, 1.807) is 6.92 Å². The molecule has 0 bridgehead atoms. The van der Waals surface area contributed by atoms with E-state index >= 15 is 0 Å². The molecule has 0 fully saturated rings. The Bertz CT molecular complexity index is 475. The summed E-state index contributed by atoms with van der Waals surface area (Å²) >= 11 is 0. The maximum Gasteiger partial charge on any atom is 0.323 e. The molecule has 0 aliphatic rings. The van der Waals surface area contributed by atoms with Gasteiger partial charge in [0, 0.05) is 18.3 Å². The minimum Gasteiger partial charge on any atom is -0.480 e. The highest BCUT2D eigenvalue weighted by Crippen LogP contribution is 2.09. The van der Waals surface area contributed by atoms with Gasteiger partial charge in [-0.3, -0.25) is 14.4 Å². The largest absolute Gasteiger partial charge is 0.480 e. The van der Waals surface area contributed by atoms with Gasteiger partial charge in [0.25, 0.3) is 5.91 Å². The monoisotopic (exact) mass is 252 g/mol. The average Bonchev–Trinajstić information content (AvgIpc) is 2.35. The number of rotatable bonds is 5. The molecule has 6 nitrogen and oxygen atoms in total. The summed E-state index contributed by atoms with van der Waals surface area (Å²) in [4.78, 5) is 37.5. The first-order valence-corrected chi connectivity index (χ1v) is 5.67. The number of aromatic nitrogens is 1. The number of amides is 1. The van der Waals surface area contributed by atoms with E-state index in [1.807, 2.05) is 6.92 Å². The maximum atomic E-state index is 12.1. The van der Waals surface area contributed by atoms with Crippen molar-refractivity contribution >= 4 is 11.9 Å². The highest BCUT2D eigenvalue weighted by molar-refractivity contribution is 5.95. The summed E-state index contributed by atoms with van der Waals surface area (Å²) in [5.74, 6) is -1.46. The number of H-pyrrole nitrogens is 1. The van der Waals surface area contributed by atoms with Crippen molar-refractivity contribution in [3.8, 4) is 0 Å². The molecule has 0 aliphatic carbocycles. The number of carbonyl (C=O) groups is 2. The lowest BCUT2D eigenvalue weighted by Gasteiger charge is -2.26. The van der Waals surface area contributed by atoms with Crippen LogP contribution in [0.5, 0.6) is 0 Å². The van der Waals surface area contributed by atoms with E-state index in [-0.39, 0.29) is 23.7 Å². The molecule has 0 radical (unpaired) electrons. The topological polar surface area (TPSA) is 90.5 Å². The van der Waals surface area contributed by atoms with Crippen LogP contribution in [0, 0.1) is 0 Å². The Hall–Kier alpha value is -2.11. The van der Waals surface area contributed by atoms with Gasteiger partial charge in [0.05, 0.1) is 5.56 Å². The standard InChI is InChI=1S/C12H16N2O4/c1-3-8(2)14(7-11(16)17)12(18)9-4-5-10(15)13-6-9/h4-6,8H,3,7H2,1-2H3,(H,13,15)(H,16,17). The fourth-order valence-electron chi connectivity index (χ4n) is 1.50. The Kier molecular flexibility index (Phi) is 4.65. The van der Waals surface area contributed by atoms with Crippen LogP contribution >= 0.6 is 0 Å². The van der Waals surface area contributed by atoms with Gasteiger partial charge >= 0.3 is 5.97 Å². The summed E-state index contributed by atoms with van der Waals surface area (Å²) in [6, 6.07) is 2.45. The zero-order chi connectivity index (χ0) is 13.7. The fraction of sp³-hybridized carbons (Fsp3) is 0.417. The fourth-order valence-corrected chi connectivity index (χ4v) is 1.50. The summed E-state index contributed by atoms with van der Waals surface area (Å²) in [7, 11) is 0. The molecule has 0 spiro atoms. The highest BCUT2D eigenvalue weighted by atomic mass is 16.4. The van der Waals surface area contributed by atoms with Gasteiger partial charge in [-0.2, -0.15) is 0 Å². The summed E-state index contributed by atoms with van der Waals surface area (Å²) in [5.41, 5.74) is -0.0315. The van der Waals surface area contributed by atoms with Crippen molar-refractivity contribution in [2.45, 2.75) is 26.3 Å². The van der Waals surface area contributed by atoms with Crippen molar-refractivity contribution in [3.63, 3.8) is 0 Å². The van der Waals surface area contributed by atoms with E-state index in [1.165, 1.54) is 23.2 Å². The van der Waals surface area contributed by atoms with E-state index in [2.05, 4.69) is 4.98 Å². The minimum absolute atomic E-state index is 0.180. The molecule has 1 rings (SSSR count). The SMILES string of the molecule is CCC(C)N(CC(=O)O)C(=O)c1ccc(=O)[nH]c1. The third-order valence-electron chi connectivity index (χ3n) is 2.72. The maximum absolute atomic E-state index is 12.1. The van der Waals surface area contributed by atoms with Crippen LogP contribution < -0.4 is 5.56 Å². The van der Waals surface area contributed by atoms with Crippen LogP contribution in [0.4, 0.5) is 0 Å². The van der Waals surface area contributed by atoms with Crippen LogP contribution in [0.25, 0.3) is 0 Å². The quantitative estimate of drug-likeness (QED) is 0.807. The zero-order valence-electron chi connectivity index (χ0n) is 10.3. The molecule has 2 N–H and O–H groups in total. The van der Waals surface area contributed by atoms with Crippen molar-refractivity contribution in [2.75, 3.05) is 6.54 Å². The van der Waals surface area contributed by atoms with Crippen LogP contribution in [0.1, 0.15) is 30.6 Å². The molecule has 1 aromatic heterocycles. The molecule has 1 heterocycles. The number of hydrogen-bond acceptors (Lipinski definition) is 3. The molecule has 1 unspecified atom stereocenters. The lowest BCUT2D eigenvalue weighted by Crippen LogP contribution is -2.42. The minimum atomic E-state index is -1.06. The lowest BCUT2D eigenvalue weighted by molar-refractivity contribution is -0.138. The normalized spacial score (nSPS) is 11.9. The van der Waals surface area contributed by atoms with Gasteiger partial charge in [-0.05, 0) is 19.4 Å². The Morgan fingerprint density at radius 1 is 1.44 bits per heavy atom. The van der Waals surface area contributed by atoms with Gasteiger partial charge in [-0.1, -0.05) is 6.92 Å². The van der Waals surface area contributed by atoms with Gasteiger partial charge < -0.3 is 15.0 Å². The van der Waals surface area contributed by atoms with Crippen molar-refractivity contribution in [1.29, 1.82) is 0 Å². The number of hydrogen-bond donors (Lipinski definition) is 2. The molecule has 0 saturated heterocycles. The Balaban J connectivity index is 2.97. The Morgan fingerprint density at radius 2 is 2.11 bits per heavy atom. The molecule has 98 valence electrons. The predicted octanol–water partition coefficient (Wildman–Crippen LogP) is 0.700. The molecule has 1 amide bonds. The van der Waals surface area contributed by atoms with E-state index in [0.717, 1.165) is 0 Å². The van der Waals surface area contributed by atoms with Crippen LogP contribution in [-0.2, 0) is 4.79 Å². The van der Waals surface area contributed by atoms with E-state index < -0.39 is 11.9 Å². The van der Waals surface area contributed by atoms with Crippen molar-refractivity contribution < 1.29 is 14.7 Å². The second kappa shape index (κ2) is 6.00. The first-order valence-electron chi connectivity index (χ1n) is 5.67. The zero-order valence-corrected chi connectivity index (χ0v) is 10.3. The number of aliphatic carboxylic acids is 1. The number of aromatic amines is 1. The summed E-state index contributed by atoms with van der Waals surface area (Å²) < 4.78 is 0. The van der Waals surface area contributed by atoms with Gasteiger partial charge in [-0.25, -0.2) is 0 Å². The summed E-state index contributed by atoms with van der Waals surface area (Å²) in [6.07, 6.45) is 1.95. The van der Waals surface area contributed by atoms with E-state index in [0.29, 0.717) is 6.42 Å². The number of carbonyl (C=O) groups excluding carboxylic acids is 1. The van der Waals surface area contributed by atoms with Crippen LogP contribution in [0.15, 0.2) is 23.1 Å². The number of pyridine rings is 1.